The average molecular weight is 1640 g/mol. The second kappa shape index (κ2) is 50.4. The summed E-state index contributed by atoms with van der Waals surface area (Å²) in [6.45, 7) is 3.33. The molecule has 47 heteroatoms. The number of hydrogen-bond donors (Lipinski definition) is 20. The Balaban J connectivity index is 2.48. The maximum atomic E-state index is 14.3. The van der Waals surface area contributed by atoms with E-state index >= 15 is 0 Å². The molecule has 2 aliphatic rings. The number of Topliss-reactive ketones (excluding diaryl/α,β-unsaturated/α-hetero) is 1. The van der Waals surface area contributed by atoms with Gasteiger partial charge in [0, 0.05) is 96.0 Å². The van der Waals surface area contributed by atoms with Gasteiger partial charge in [-0.3, -0.25) is 120 Å². The molecule has 47 nitrogen and oxygen atoms in total. The Hall–Kier alpha value is -12.6. The molecule has 0 bridgehead atoms. The van der Waals surface area contributed by atoms with Crippen LogP contribution in [0.2, 0.25) is 0 Å². The van der Waals surface area contributed by atoms with Gasteiger partial charge in [-0.25, -0.2) is 0 Å². The van der Waals surface area contributed by atoms with E-state index in [2.05, 4.69) is 42.5 Å². The van der Waals surface area contributed by atoms with E-state index in [4.69, 9.17) is 4.74 Å². The fourth-order valence-electron chi connectivity index (χ4n) is 11.2. The third-order valence-electron chi connectivity index (χ3n) is 17.2. The first-order chi connectivity index (χ1) is 53.9. The van der Waals surface area contributed by atoms with Crippen LogP contribution in [0.3, 0.4) is 0 Å². The van der Waals surface area contributed by atoms with Crippen molar-refractivity contribution in [2.24, 2.45) is 5.92 Å². The zero-order valence-electron chi connectivity index (χ0n) is 62.8. The van der Waals surface area contributed by atoms with Gasteiger partial charge in [-0.15, -0.1) is 0 Å². The Kier molecular flexibility index (Phi) is 43.1. The van der Waals surface area contributed by atoms with E-state index < -0.39 is 345 Å². The number of likely N-dealkylation sites (tertiary alicyclic amines) is 1. The first-order valence-corrected chi connectivity index (χ1v) is 36.1. The Morgan fingerprint density at radius 2 is 0.652 bits per heavy atom. The van der Waals surface area contributed by atoms with E-state index in [-0.39, 0.29) is 31.3 Å². The van der Waals surface area contributed by atoms with Crippen molar-refractivity contribution < 1.29 is 166 Å². The number of amides is 14. The van der Waals surface area contributed by atoms with Gasteiger partial charge in [0.2, 0.25) is 70.9 Å². The summed E-state index contributed by atoms with van der Waals surface area (Å²) in [5.74, 6) is -31.4. The van der Waals surface area contributed by atoms with Gasteiger partial charge in [0.15, 0.2) is 5.78 Å². The first kappa shape index (κ1) is 98.5. The lowest BCUT2D eigenvalue weighted by Crippen LogP contribution is -2.60. The first-order valence-electron chi connectivity index (χ1n) is 36.1. The van der Waals surface area contributed by atoms with E-state index in [0.29, 0.717) is 17.7 Å². The van der Waals surface area contributed by atoms with Crippen molar-refractivity contribution in [3.8, 4) is 0 Å². The molecule has 1 saturated heterocycles. The minimum atomic E-state index is -2.21. The van der Waals surface area contributed by atoms with Gasteiger partial charge in [0.1, 0.15) is 67.0 Å². The van der Waals surface area contributed by atoms with Crippen LogP contribution < -0.4 is 58.5 Å². The number of imide groups is 1. The molecule has 0 aromatic carbocycles. The smallest absolute Gasteiger partial charge is 0.303 e. The van der Waals surface area contributed by atoms with E-state index in [1.807, 2.05) is 29.8 Å². The van der Waals surface area contributed by atoms with Crippen molar-refractivity contribution in [3.05, 3.63) is 12.2 Å². The van der Waals surface area contributed by atoms with E-state index in [1.165, 1.54) is 11.8 Å². The molecule has 0 unspecified atom stereocenters. The highest BCUT2D eigenvalue weighted by molar-refractivity contribution is 6.13. The minimum absolute atomic E-state index is 0.0557. The number of carbonyl (C=O) groups is 24. The molecule has 2 aliphatic heterocycles. The van der Waals surface area contributed by atoms with Crippen molar-refractivity contribution in [2.75, 3.05) is 32.8 Å². The fraction of sp³-hybridized carbons (Fsp3) is 0.618. The lowest BCUT2D eigenvalue weighted by molar-refractivity contribution is -0.142. The largest absolute Gasteiger partial charge is 0.481 e. The van der Waals surface area contributed by atoms with Crippen LogP contribution in [0.4, 0.5) is 0 Å². The average Bonchev–Trinajstić information content (AvgIpc) is 1.80. The topological polar surface area (TPSA) is 740 Å². The predicted molar refractivity (Wildman–Crippen MR) is 380 cm³/mol. The zero-order valence-corrected chi connectivity index (χ0v) is 62.8. The second-order valence-electron chi connectivity index (χ2n) is 26.8. The van der Waals surface area contributed by atoms with Gasteiger partial charge in [-0.05, 0) is 89.9 Å². The van der Waals surface area contributed by atoms with Crippen LogP contribution in [0.15, 0.2) is 12.2 Å². The van der Waals surface area contributed by atoms with Crippen LogP contribution in [-0.4, -0.2) is 297 Å². The van der Waals surface area contributed by atoms with Crippen LogP contribution in [0.5, 0.6) is 0 Å². The highest BCUT2D eigenvalue weighted by atomic mass is 16.5. The molecular weight excluding hydrogens is 1540 g/mol. The van der Waals surface area contributed by atoms with Crippen LogP contribution in [0.25, 0.3) is 0 Å². The molecule has 20 N–H and O–H groups in total. The lowest BCUT2D eigenvalue weighted by Gasteiger charge is -2.28. The summed E-state index contributed by atoms with van der Waals surface area (Å²) >= 11 is 0. The summed E-state index contributed by atoms with van der Waals surface area (Å²) in [6, 6.07) is -20.3. The molecule has 2 rings (SSSR count). The summed E-state index contributed by atoms with van der Waals surface area (Å²) in [7, 11) is 0. The summed E-state index contributed by atoms with van der Waals surface area (Å²) in [4.78, 5) is 310. The molecule has 11 atom stereocenters. The van der Waals surface area contributed by atoms with Crippen LogP contribution in [0.1, 0.15) is 162 Å². The van der Waals surface area contributed by atoms with Crippen LogP contribution in [-0.2, 0) is 120 Å². The molecule has 0 aromatic heterocycles. The maximum absolute atomic E-state index is 14.3. The highest BCUT2D eigenvalue weighted by Crippen LogP contribution is 2.20. The molecule has 0 radical (unpaired) electrons. The lowest BCUT2D eigenvalue weighted by atomic mass is 10.0. The van der Waals surface area contributed by atoms with E-state index in [9.17, 15) is 161 Å². The Morgan fingerprint density at radius 3 is 0.913 bits per heavy atom. The third kappa shape index (κ3) is 38.9. The number of ketones is 1. The van der Waals surface area contributed by atoms with Gasteiger partial charge < -0.3 is 114 Å². The van der Waals surface area contributed by atoms with Crippen LogP contribution >= 0.6 is 0 Å². The minimum Gasteiger partial charge on any atom is -0.481 e. The third-order valence-corrected chi connectivity index (χ3v) is 17.2. The number of hydrogen-bond acceptors (Lipinski definition) is 25. The van der Waals surface area contributed by atoms with Crippen molar-refractivity contribution in [1.29, 1.82) is 0 Å². The summed E-state index contributed by atoms with van der Waals surface area (Å²) < 4.78 is 5.43. The van der Waals surface area contributed by atoms with Crippen molar-refractivity contribution in [3.63, 3.8) is 0 Å². The number of nitrogens with one attached hydrogen (secondary N) is 11. The molecule has 115 heavy (non-hydrogen) atoms. The van der Waals surface area contributed by atoms with Gasteiger partial charge in [-0.2, -0.15) is 0 Å². The van der Waals surface area contributed by atoms with Crippen LogP contribution in [0, 0.1) is 5.92 Å². The van der Waals surface area contributed by atoms with Gasteiger partial charge in [-0.1, -0.05) is 13.8 Å². The molecule has 1 fully saturated rings. The molecule has 638 valence electrons. The Bertz CT molecular complexity index is 3640. The number of carboxylic acids is 9. The van der Waals surface area contributed by atoms with Gasteiger partial charge >= 0.3 is 53.7 Å². The van der Waals surface area contributed by atoms with Crippen molar-refractivity contribution >= 4 is 142 Å². The molecular formula is C68H97N13O34. The zero-order chi connectivity index (χ0) is 86.9. The predicted octanol–water partition coefficient (Wildman–Crippen LogP) is -6.31. The standard InChI is InChI=1S/C68H97N13O34/c1-33(2)31-44(34(3)82)79-68(114)45-5-4-28-80(45)49(86)32-115-30-27-69-59(105)35(6-17-50(87)88)71-61(107)37(8-19-52(91)92)73-63(109)39(10-21-54(95)96)75-65(111)41(12-23-56(99)100)77-67(113)43(14-25-58(103)104)78-66(112)42(13-24-57(101)102)76-64(110)40(11-22-55(97)98)74-62(108)38(9-20-53(93)94)72-60(106)36(7-18-51(89)90)70-46(83)26-29-81-47(84)15-16-48(81)85/h15-16,33,35-45H,4-14,17-32H2,1-3H3,(H,69,105)(H,70,83)(H,71,107)(H,72,106)(H,73,109)(H,74,108)(H,75,111)(H,76,110)(H,77,113)(H,78,112)(H,79,114)(H,87,88)(H,89,90)(H,91,92)(H,93,94)(H,95,96)(H,97,98)(H,99,100)(H,101,102)(H,103,104)/t35-,36-,37-,38-,39-,40-,41-,42-,43-,44+,45+/m1/s1. The Morgan fingerprint density at radius 1 is 0.383 bits per heavy atom. The molecule has 0 saturated carbocycles. The van der Waals surface area contributed by atoms with Crippen molar-refractivity contribution in [1.82, 2.24) is 68.3 Å². The second-order valence-corrected chi connectivity index (χ2v) is 26.8. The molecule has 2 heterocycles. The summed E-state index contributed by atoms with van der Waals surface area (Å²) in [5, 5.41) is 110. The van der Waals surface area contributed by atoms with E-state index in [1.54, 1.807) is 0 Å². The quantitative estimate of drug-likeness (QED) is 0.0199. The number of carbonyl (C=O) groups excluding carboxylic acids is 15. The number of ether oxygens (including phenoxy) is 1. The number of carboxylic acid groups (broad SMARTS) is 9. The monoisotopic (exact) mass is 1640 g/mol. The summed E-state index contributed by atoms with van der Waals surface area (Å²) in [5.41, 5.74) is 0. The molecule has 0 aliphatic carbocycles. The SMILES string of the molecule is CC(=O)[C@H](CC(C)C)NC(=O)[C@@H]1CCCN1C(=O)COCCNC(=O)[C@@H](CCC(=O)O)NC(=O)[C@@H](CCC(=O)O)NC(=O)[C@@H](CCC(=O)O)NC(=O)[C@@H](CCC(=O)O)NC(=O)[C@@H](CCC(=O)O)NC(=O)[C@@H](CCC(=O)O)NC(=O)[C@@H](CCC(=O)O)NC(=O)[C@@H](CCC(=O)O)NC(=O)[C@@H](CCC(=O)O)NC(=O)CCN1C(=O)C=CC1=O. The number of aliphatic carboxylic acids is 9. The van der Waals surface area contributed by atoms with E-state index in [0.717, 1.165) is 12.2 Å². The molecule has 0 aromatic rings. The highest BCUT2D eigenvalue weighted by Gasteiger charge is 2.39. The number of rotatable bonds is 58. The summed E-state index contributed by atoms with van der Waals surface area (Å²) in [6.07, 6.45) is -14.1. The fourth-order valence-corrected chi connectivity index (χ4v) is 11.2. The number of nitrogens with zero attached hydrogens (tertiary/aromatic N) is 2. The Labute approximate surface area is 653 Å². The van der Waals surface area contributed by atoms with Crippen molar-refractivity contribution in [2.45, 2.75) is 228 Å². The maximum Gasteiger partial charge on any atom is 0.303 e. The van der Waals surface area contributed by atoms with Gasteiger partial charge in [0.05, 0.1) is 12.6 Å². The normalized spacial score (nSPS) is 15.5. The molecule has 0 spiro atoms. The van der Waals surface area contributed by atoms with Gasteiger partial charge in [0.25, 0.3) is 11.8 Å². The molecule has 14 amide bonds.